The van der Waals surface area contributed by atoms with Gasteiger partial charge in [-0.15, -0.1) is 0 Å². The van der Waals surface area contributed by atoms with E-state index in [0.717, 1.165) is 23.7 Å². The monoisotopic (exact) mass is 317 g/mol. The Bertz CT molecular complexity index is 472. The van der Waals surface area contributed by atoms with Gasteiger partial charge in [-0.3, -0.25) is 4.79 Å². The molecule has 1 N–H and O–H groups in total. The van der Waals surface area contributed by atoms with Crippen LogP contribution in [0.2, 0.25) is 0 Å². The number of carbonyl (C=O) groups excluding carboxylic acids is 1. The maximum absolute atomic E-state index is 12.0. The highest BCUT2D eigenvalue weighted by Gasteiger charge is 2.24. The predicted molar refractivity (Wildman–Crippen MR) is 83.9 cm³/mol. The Balaban J connectivity index is 2.51. The molecule has 1 fully saturated rings. The van der Waals surface area contributed by atoms with Gasteiger partial charge in [0.15, 0.2) is 0 Å². The first-order valence-corrected chi connectivity index (χ1v) is 8.80. The van der Waals surface area contributed by atoms with E-state index in [9.17, 15) is 13.2 Å². The lowest BCUT2D eigenvalue weighted by Gasteiger charge is -2.32. The molecule has 0 saturated carbocycles. The summed E-state index contributed by atoms with van der Waals surface area (Å²) in [5.41, 5.74) is 0. The minimum absolute atomic E-state index is 0.0175. The summed E-state index contributed by atoms with van der Waals surface area (Å²) in [6.07, 6.45) is 5.36. The van der Waals surface area contributed by atoms with Crippen molar-refractivity contribution < 1.29 is 13.2 Å². The fourth-order valence-corrected chi connectivity index (χ4v) is 2.87. The van der Waals surface area contributed by atoms with Gasteiger partial charge in [-0.25, -0.2) is 4.72 Å². The van der Waals surface area contributed by atoms with Crippen LogP contribution in [0.15, 0.2) is 12.2 Å². The lowest BCUT2D eigenvalue weighted by Crippen LogP contribution is -2.45. The van der Waals surface area contributed by atoms with Crippen LogP contribution in [0.1, 0.15) is 26.7 Å². The van der Waals surface area contributed by atoms with Crippen LogP contribution in [0.25, 0.3) is 0 Å². The van der Waals surface area contributed by atoms with Crippen molar-refractivity contribution in [3.8, 4) is 0 Å². The topological polar surface area (TPSA) is 69.7 Å². The standard InChI is InChI=1S/C14H27N3O3S/c1-12(2)7-8-14(18)17-9-5-6-13(11-17)10-15-21(19,20)16(3)4/h7-8,12-13,15H,5-6,9-11H2,1-4H3/b8-7+/t13-/m0/s1. The minimum atomic E-state index is -3.39. The highest BCUT2D eigenvalue weighted by Crippen LogP contribution is 2.16. The Morgan fingerprint density at radius 2 is 2.10 bits per heavy atom. The molecule has 0 aromatic rings. The van der Waals surface area contributed by atoms with Crippen molar-refractivity contribution in [2.45, 2.75) is 26.7 Å². The SMILES string of the molecule is CC(C)/C=C/C(=O)N1CCC[C@@H](CNS(=O)(=O)N(C)C)C1. The van der Waals surface area contributed by atoms with Crippen molar-refractivity contribution in [3.63, 3.8) is 0 Å². The number of hydrogen-bond acceptors (Lipinski definition) is 3. The number of piperidine rings is 1. The Labute approximate surface area is 128 Å². The number of amides is 1. The molecule has 0 unspecified atom stereocenters. The molecule has 0 radical (unpaired) electrons. The second-order valence-corrected chi connectivity index (χ2v) is 8.00. The smallest absolute Gasteiger partial charge is 0.278 e. The van der Waals surface area contributed by atoms with Crippen LogP contribution in [0.3, 0.4) is 0 Å². The summed E-state index contributed by atoms with van der Waals surface area (Å²) in [6, 6.07) is 0. The molecule has 1 saturated heterocycles. The summed E-state index contributed by atoms with van der Waals surface area (Å²) in [6.45, 7) is 5.78. The van der Waals surface area contributed by atoms with Gasteiger partial charge in [-0.05, 0) is 30.8 Å². The third-order valence-electron chi connectivity index (χ3n) is 3.49. The summed E-state index contributed by atoms with van der Waals surface area (Å²) >= 11 is 0. The average molecular weight is 317 g/mol. The predicted octanol–water partition coefficient (Wildman–Crippen LogP) is 0.833. The van der Waals surface area contributed by atoms with Crippen LogP contribution in [0, 0.1) is 11.8 Å². The van der Waals surface area contributed by atoms with Gasteiger partial charge in [0.1, 0.15) is 0 Å². The van der Waals surface area contributed by atoms with Gasteiger partial charge in [-0.1, -0.05) is 19.9 Å². The molecule has 1 amide bonds. The summed E-state index contributed by atoms with van der Waals surface area (Å²) in [5, 5.41) is 0. The number of nitrogens with zero attached hydrogens (tertiary/aromatic N) is 2. The normalized spacial score (nSPS) is 20.7. The van der Waals surface area contributed by atoms with E-state index in [1.165, 1.54) is 14.1 Å². The van der Waals surface area contributed by atoms with E-state index in [1.807, 2.05) is 19.9 Å². The third kappa shape index (κ3) is 6.15. The molecule has 1 atom stereocenters. The van der Waals surface area contributed by atoms with Crippen LogP contribution >= 0.6 is 0 Å². The van der Waals surface area contributed by atoms with Crippen molar-refractivity contribution >= 4 is 16.1 Å². The van der Waals surface area contributed by atoms with Crippen LogP contribution in [-0.2, 0) is 15.0 Å². The Kier molecular flexibility index (Phi) is 6.83. The highest BCUT2D eigenvalue weighted by atomic mass is 32.2. The number of likely N-dealkylation sites (tertiary alicyclic amines) is 1. The Hall–Kier alpha value is -0.920. The third-order valence-corrected chi connectivity index (χ3v) is 4.98. The lowest BCUT2D eigenvalue weighted by molar-refractivity contribution is -0.127. The van der Waals surface area contributed by atoms with Crippen molar-refractivity contribution in [3.05, 3.63) is 12.2 Å². The molecule has 1 aliphatic heterocycles. The van der Waals surface area contributed by atoms with Gasteiger partial charge in [0.2, 0.25) is 5.91 Å². The van der Waals surface area contributed by atoms with Crippen LogP contribution in [-0.4, -0.2) is 57.3 Å². The molecular formula is C14H27N3O3S. The van der Waals surface area contributed by atoms with Crippen molar-refractivity contribution in [1.82, 2.24) is 13.9 Å². The largest absolute Gasteiger partial charge is 0.339 e. The Morgan fingerprint density at radius 1 is 1.43 bits per heavy atom. The maximum Gasteiger partial charge on any atom is 0.278 e. The molecule has 21 heavy (non-hydrogen) atoms. The van der Waals surface area contributed by atoms with E-state index in [2.05, 4.69) is 4.72 Å². The van der Waals surface area contributed by atoms with E-state index < -0.39 is 10.2 Å². The lowest BCUT2D eigenvalue weighted by atomic mass is 9.98. The molecule has 1 aliphatic rings. The number of rotatable bonds is 6. The molecule has 1 rings (SSSR count). The zero-order valence-electron chi connectivity index (χ0n) is 13.4. The molecule has 0 aromatic carbocycles. The van der Waals surface area contributed by atoms with E-state index in [4.69, 9.17) is 0 Å². The van der Waals surface area contributed by atoms with Crippen LogP contribution < -0.4 is 4.72 Å². The second kappa shape index (κ2) is 7.91. The minimum Gasteiger partial charge on any atom is -0.339 e. The maximum atomic E-state index is 12.0. The van der Waals surface area contributed by atoms with E-state index in [0.29, 0.717) is 19.0 Å². The fourth-order valence-electron chi connectivity index (χ4n) is 2.16. The molecule has 122 valence electrons. The first-order chi connectivity index (χ1) is 9.72. The van der Waals surface area contributed by atoms with Crippen molar-refractivity contribution in [2.75, 3.05) is 33.7 Å². The fraction of sp³-hybridized carbons (Fsp3) is 0.786. The summed E-state index contributed by atoms with van der Waals surface area (Å²) in [5.74, 6) is 0.537. The number of carbonyl (C=O) groups is 1. The Morgan fingerprint density at radius 3 is 2.67 bits per heavy atom. The average Bonchev–Trinajstić information content (AvgIpc) is 2.42. The number of allylic oxidation sites excluding steroid dienone is 1. The van der Waals surface area contributed by atoms with E-state index in [1.54, 1.807) is 11.0 Å². The molecule has 1 heterocycles. The second-order valence-electron chi connectivity index (χ2n) is 6.03. The van der Waals surface area contributed by atoms with E-state index in [-0.39, 0.29) is 11.8 Å². The van der Waals surface area contributed by atoms with Crippen LogP contribution in [0.4, 0.5) is 0 Å². The molecule has 0 aromatic heterocycles. The first kappa shape index (κ1) is 18.1. The van der Waals surface area contributed by atoms with Gasteiger partial charge in [-0.2, -0.15) is 12.7 Å². The highest BCUT2D eigenvalue weighted by molar-refractivity contribution is 7.87. The first-order valence-electron chi connectivity index (χ1n) is 7.36. The van der Waals surface area contributed by atoms with Crippen molar-refractivity contribution in [1.29, 1.82) is 0 Å². The summed E-state index contributed by atoms with van der Waals surface area (Å²) < 4.78 is 27.1. The van der Waals surface area contributed by atoms with Gasteiger partial charge < -0.3 is 4.90 Å². The quantitative estimate of drug-likeness (QED) is 0.738. The molecule has 0 spiro atoms. The van der Waals surface area contributed by atoms with Gasteiger partial charge in [0.25, 0.3) is 10.2 Å². The summed E-state index contributed by atoms with van der Waals surface area (Å²) in [7, 11) is -0.399. The molecule has 6 nitrogen and oxygen atoms in total. The zero-order chi connectivity index (χ0) is 16.0. The van der Waals surface area contributed by atoms with Gasteiger partial charge in [0.05, 0.1) is 0 Å². The summed E-state index contributed by atoms with van der Waals surface area (Å²) in [4.78, 5) is 13.9. The van der Waals surface area contributed by atoms with Gasteiger partial charge in [0, 0.05) is 33.7 Å². The molecular weight excluding hydrogens is 290 g/mol. The number of nitrogens with one attached hydrogen (secondary N) is 1. The van der Waals surface area contributed by atoms with E-state index >= 15 is 0 Å². The number of hydrogen-bond donors (Lipinski definition) is 1. The molecule has 0 aliphatic carbocycles. The zero-order valence-corrected chi connectivity index (χ0v) is 14.2. The molecule has 7 heteroatoms. The molecule has 0 bridgehead atoms. The van der Waals surface area contributed by atoms with Crippen molar-refractivity contribution in [2.24, 2.45) is 11.8 Å². The van der Waals surface area contributed by atoms with Gasteiger partial charge >= 0.3 is 0 Å². The van der Waals surface area contributed by atoms with Crippen LogP contribution in [0.5, 0.6) is 0 Å².